The van der Waals surface area contributed by atoms with E-state index in [4.69, 9.17) is 4.42 Å². The van der Waals surface area contributed by atoms with Crippen molar-refractivity contribution in [1.82, 2.24) is 0 Å². The molecule has 0 fully saturated rings. The number of anilines is 9. The second kappa shape index (κ2) is 13.7. The standard InChI is InChI=1S/C54H42BN3O/c1-54(2,3)38-27-29-41(30-28-38)56(53-43(37-17-7-4-8-18-37)31-32-51-44(53)33-34-59-51)42-35-49-52-50(36-42)58(40-21-11-6-12-22-40)48-26-16-14-24-46(48)55(52)45-23-13-15-25-47(45)57(49)39-19-9-5-10-20-39/h4-36H,1-3H3. The molecule has 0 spiro atoms. The average Bonchev–Trinajstić information content (AvgIpc) is 3.77. The van der Waals surface area contributed by atoms with Gasteiger partial charge in [-0.1, -0.05) is 136 Å². The van der Waals surface area contributed by atoms with E-state index in [1.165, 1.54) is 33.3 Å². The Morgan fingerprint density at radius 2 is 1.02 bits per heavy atom. The highest BCUT2D eigenvalue weighted by Gasteiger charge is 2.43. The van der Waals surface area contributed by atoms with Crippen LogP contribution >= 0.6 is 0 Å². The van der Waals surface area contributed by atoms with E-state index in [2.05, 4.69) is 230 Å². The predicted molar refractivity (Wildman–Crippen MR) is 249 cm³/mol. The molecule has 4 nitrogen and oxygen atoms in total. The molecule has 0 atom stereocenters. The zero-order valence-corrected chi connectivity index (χ0v) is 33.4. The SMILES string of the molecule is CC(C)(C)c1ccc(N(c2cc3c4c(c2)N(c2ccccc2)c2ccccc2B4c2ccccc2N3c2ccccc2)c2c(-c3ccccc3)ccc3occc23)cc1. The molecule has 2 aliphatic rings. The van der Waals surface area contributed by atoms with Crippen LogP contribution in [-0.4, -0.2) is 6.71 Å². The van der Waals surface area contributed by atoms with Crippen molar-refractivity contribution in [3.63, 3.8) is 0 Å². The second-order valence-corrected chi connectivity index (χ2v) is 16.6. The Labute approximate surface area is 346 Å². The summed E-state index contributed by atoms with van der Waals surface area (Å²) in [6, 6.07) is 70.8. The fourth-order valence-electron chi connectivity index (χ4n) is 9.36. The Hall–Kier alpha value is -7.24. The lowest BCUT2D eigenvalue weighted by Crippen LogP contribution is -2.61. The molecule has 282 valence electrons. The van der Waals surface area contributed by atoms with Crippen LogP contribution in [0.1, 0.15) is 26.3 Å². The van der Waals surface area contributed by atoms with Gasteiger partial charge in [0.15, 0.2) is 0 Å². The number of rotatable bonds is 6. The minimum Gasteiger partial charge on any atom is -0.464 e. The summed E-state index contributed by atoms with van der Waals surface area (Å²) in [4.78, 5) is 7.41. The van der Waals surface area contributed by atoms with Crippen LogP contribution in [0.3, 0.4) is 0 Å². The van der Waals surface area contributed by atoms with Crippen molar-refractivity contribution in [3.8, 4) is 11.1 Å². The summed E-state index contributed by atoms with van der Waals surface area (Å²) in [7, 11) is 0. The van der Waals surface area contributed by atoms with Crippen molar-refractivity contribution in [3.05, 3.63) is 206 Å². The highest BCUT2D eigenvalue weighted by Crippen LogP contribution is 2.51. The van der Waals surface area contributed by atoms with Crippen LogP contribution in [0.2, 0.25) is 0 Å². The Morgan fingerprint density at radius 3 is 1.58 bits per heavy atom. The van der Waals surface area contributed by atoms with Crippen molar-refractivity contribution < 1.29 is 4.42 Å². The first kappa shape index (κ1) is 35.0. The summed E-state index contributed by atoms with van der Waals surface area (Å²) in [5.74, 6) is 0. The monoisotopic (exact) mass is 759 g/mol. The van der Waals surface area contributed by atoms with Crippen molar-refractivity contribution >= 4 is 85.3 Å². The lowest BCUT2D eigenvalue weighted by atomic mass is 9.33. The van der Waals surface area contributed by atoms with Gasteiger partial charge in [-0.15, -0.1) is 0 Å². The minimum atomic E-state index is 0.00128. The molecule has 0 saturated carbocycles. The van der Waals surface area contributed by atoms with Gasteiger partial charge in [0, 0.05) is 50.8 Å². The second-order valence-electron chi connectivity index (χ2n) is 16.6. The highest BCUT2D eigenvalue weighted by molar-refractivity contribution is 7.00. The average molecular weight is 760 g/mol. The summed E-state index contributed by atoms with van der Waals surface area (Å²) in [6.07, 6.45) is 1.81. The maximum absolute atomic E-state index is 6.18. The lowest BCUT2D eigenvalue weighted by Gasteiger charge is -2.45. The van der Waals surface area contributed by atoms with Gasteiger partial charge in [-0.05, 0) is 112 Å². The van der Waals surface area contributed by atoms with Crippen molar-refractivity contribution in [2.75, 3.05) is 14.7 Å². The molecule has 11 rings (SSSR count). The predicted octanol–water partition coefficient (Wildman–Crippen LogP) is 12.9. The summed E-state index contributed by atoms with van der Waals surface area (Å²) in [6.45, 7) is 6.85. The molecule has 59 heavy (non-hydrogen) atoms. The zero-order valence-electron chi connectivity index (χ0n) is 33.4. The van der Waals surface area contributed by atoms with E-state index in [-0.39, 0.29) is 12.1 Å². The third kappa shape index (κ3) is 5.68. The van der Waals surface area contributed by atoms with E-state index < -0.39 is 0 Å². The first-order chi connectivity index (χ1) is 28.9. The Bertz CT molecular complexity index is 2880. The zero-order chi connectivity index (χ0) is 39.7. The van der Waals surface area contributed by atoms with Gasteiger partial charge in [-0.3, -0.25) is 0 Å². The largest absolute Gasteiger partial charge is 0.464 e. The third-order valence-corrected chi connectivity index (χ3v) is 12.1. The Kier molecular flexibility index (Phi) is 8.13. The molecule has 0 aliphatic carbocycles. The fourth-order valence-corrected chi connectivity index (χ4v) is 9.36. The molecule has 0 bridgehead atoms. The number of hydrogen-bond donors (Lipinski definition) is 0. The molecule has 0 amide bonds. The van der Waals surface area contributed by atoms with E-state index in [0.29, 0.717) is 0 Å². The maximum atomic E-state index is 6.18. The molecule has 9 aromatic rings. The van der Waals surface area contributed by atoms with Crippen LogP contribution in [0.4, 0.5) is 51.2 Å². The Morgan fingerprint density at radius 1 is 0.492 bits per heavy atom. The van der Waals surface area contributed by atoms with Crippen LogP contribution in [0, 0.1) is 0 Å². The topological polar surface area (TPSA) is 22.9 Å². The van der Waals surface area contributed by atoms with Crippen LogP contribution in [0.25, 0.3) is 22.1 Å². The van der Waals surface area contributed by atoms with E-state index >= 15 is 0 Å². The summed E-state index contributed by atoms with van der Waals surface area (Å²) >= 11 is 0. The molecule has 1 aromatic heterocycles. The van der Waals surface area contributed by atoms with Crippen LogP contribution < -0.4 is 31.1 Å². The molecule has 0 unspecified atom stereocenters. The van der Waals surface area contributed by atoms with Gasteiger partial charge >= 0.3 is 0 Å². The summed E-state index contributed by atoms with van der Waals surface area (Å²) in [5, 5.41) is 1.05. The number of para-hydroxylation sites is 4. The fraction of sp³-hybridized carbons (Fsp3) is 0.0741. The van der Waals surface area contributed by atoms with Crippen molar-refractivity contribution in [1.29, 1.82) is 0 Å². The Balaban J connectivity index is 1.28. The quantitative estimate of drug-likeness (QED) is 0.158. The number of hydrogen-bond acceptors (Lipinski definition) is 4. The minimum absolute atomic E-state index is 0.00128. The molecular weight excluding hydrogens is 717 g/mol. The summed E-state index contributed by atoms with van der Waals surface area (Å²) < 4.78 is 6.18. The first-order valence-corrected chi connectivity index (χ1v) is 20.5. The van der Waals surface area contributed by atoms with E-state index in [9.17, 15) is 0 Å². The van der Waals surface area contributed by atoms with Crippen molar-refractivity contribution in [2.45, 2.75) is 26.2 Å². The van der Waals surface area contributed by atoms with Gasteiger partial charge in [-0.2, -0.15) is 0 Å². The molecule has 0 saturated heterocycles. The molecular formula is C54H42BN3O. The van der Waals surface area contributed by atoms with Gasteiger partial charge in [-0.25, -0.2) is 0 Å². The molecule has 3 heterocycles. The highest BCUT2D eigenvalue weighted by atomic mass is 16.3. The third-order valence-electron chi connectivity index (χ3n) is 12.1. The van der Waals surface area contributed by atoms with Gasteiger partial charge < -0.3 is 19.1 Å². The van der Waals surface area contributed by atoms with Crippen LogP contribution in [-0.2, 0) is 5.41 Å². The smallest absolute Gasteiger partial charge is 0.252 e. The number of nitrogens with zero attached hydrogens (tertiary/aromatic N) is 3. The maximum Gasteiger partial charge on any atom is 0.252 e. The summed E-state index contributed by atoms with van der Waals surface area (Å²) in [5.41, 5.74) is 18.4. The van der Waals surface area contributed by atoms with Gasteiger partial charge in [0.25, 0.3) is 6.71 Å². The van der Waals surface area contributed by atoms with E-state index in [0.717, 1.165) is 61.9 Å². The number of fused-ring (bicyclic) bond motifs is 5. The molecule has 5 heteroatoms. The van der Waals surface area contributed by atoms with E-state index in [1.54, 1.807) is 0 Å². The van der Waals surface area contributed by atoms with Crippen molar-refractivity contribution in [2.24, 2.45) is 0 Å². The number of furan rings is 1. The lowest BCUT2D eigenvalue weighted by molar-refractivity contribution is 0.590. The van der Waals surface area contributed by atoms with Gasteiger partial charge in [0.2, 0.25) is 0 Å². The van der Waals surface area contributed by atoms with Crippen LogP contribution in [0.15, 0.2) is 205 Å². The van der Waals surface area contributed by atoms with Crippen LogP contribution in [0.5, 0.6) is 0 Å². The van der Waals surface area contributed by atoms with Gasteiger partial charge in [0.1, 0.15) is 5.58 Å². The first-order valence-electron chi connectivity index (χ1n) is 20.5. The molecule has 0 N–H and O–H groups in total. The van der Waals surface area contributed by atoms with Gasteiger partial charge in [0.05, 0.1) is 17.6 Å². The molecule has 8 aromatic carbocycles. The molecule has 2 aliphatic heterocycles. The normalized spacial score (nSPS) is 12.9. The number of benzene rings is 8. The molecule has 0 radical (unpaired) electrons. The van der Waals surface area contributed by atoms with E-state index in [1.807, 2.05) is 6.26 Å².